The maximum atomic E-state index is 12.2. The molecule has 120 valence electrons. The van der Waals surface area contributed by atoms with Crippen LogP contribution in [-0.2, 0) is 4.79 Å². The number of nitrogens with one attached hydrogen (secondary N) is 2. The highest BCUT2D eigenvalue weighted by molar-refractivity contribution is 5.99. The molecule has 0 spiro atoms. The molecule has 0 heterocycles. The zero-order valence-electron chi connectivity index (χ0n) is 12.9. The van der Waals surface area contributed by atoms with Gasteiger partial charge in [0.25, 0.3) is 5.91 Å². The van der Waals surface area contributed by atoms with Crippen LogP contribution in [0.1, 0.15) is 23.2 Å². The van der Waals surface area contributed by atoms with Crippen LogP contribution in [0.4, 0.5) is 0 Å². The van der Waals surface area contributed by atoms with Gasteiger partial charge in [0.2, 0.25) is 5.91 Å². The van der Waals surface area contributed by atoms with E-state index in [1.54, 1.807) is 6.07 Å². The molecule has 7 nitrogen and oxygen atoms in total. The number of amides is 2. The molecule has 0 radical (unpaired) electrons. The van der Waals surface area contributed by atoms with E-state index in [-0.39, 0.29) is 24.1 Å². The molecule has 1 aromatic carbocycles. The number of hydrogen-bond acceptors (Lipinski definition) is 5. The average molecular weight is 308 g/mol. The predicted octanol–water partition coefficient (Wildman–Crippen LogP) is 0.721. The Labute approximate surface area is 128 Å². The molecule has 0 atom stereocenters. The molecule has 2 N–H and O–H groups in total. The second kappa shape index (κ2) is 7.02. The molecular weight excluding hydrogens is 288 g/mol. The van der Waals surface area contributed by atoms with Crippen molar-refractivity contribution in [3.8, 4) is 17.2 Å². The highest BCUT2D eigenvalue weighted by atomic mass is 16.5. The van der Waals surface area contributed by atoms with Gasteiger partial charge in [-0.2, -0.15) is 0 Å². The molecule has 0 bridgehead atoms. The lowest BCUT2D eigenvalue weighted by atomic mass is 10.1. The molecule has 0 aromatic heterocycles. The first-order chi connectivity index (χ1) is 10.6. The second-order valence-electron chi connectivity index (χ2n) is 4.93. The smallest absolute Gasteiger partial charge is 0.255 e. The van der Waals surface area contributed by atoms with Crippen LogP contribution in [0.15, 0.2) is 12.1 Å². The molecule has 1 saturated carbocycles. The van der Waals surface area contributed by atoms with E-state index in [1.807, 2.05) is 0 Å². The summed E-state index contributed by atoms with van der Waals surface area (Å²) in [5.74, 6) is 0.607. The summed E-state index contributed by atoms with van der Waals surface area (Å²) in [5, 5.41) is 5.37. The number of methoxy groups -OCH3 is 3. The van der Waals surface area contributed by atoms with E-state index in [9.17, 15) is 9.59 Å². The Morgan fingerprint density at radius 3 is 2.18 bits per heavy atom. The van der Waals surface area contributed by atoms with Crippen LogP contribution < -0.4 is 24.8 Å². The van der Waals surface area contributed by atoms with Crippen LogP contribution >= 0.6 is 0 Å². The number of carbonyl (C=O) groups excluding carboxylic acids is 2. The van der Waals surface area contributed by atoms with Gasteiger partial charge >= 0.3 is 0 Å². The minimum atomic E-state index is -0.413. The third-order valence-corrected chi connectivity index (χ3v) is 3.30. The monoisotopic (exact) mass is 308 g/mol. The summed E-state index contributed by atoms with van der Waals surface area (Å²) in [4.78, 5) is 23.8. The van der Waals surface area contributed by atoms with Crippen molar-refractivity contribution in [3.05, 3.63) is 17.7 Å². The van der Waals surface area contributed by atoms with E-state index >= 15 is 0 Å². The van der Waals surface area contributed by atoms with Crippen molar-refractivity contribution in [2.24, 2.45) is 0 Å². The van der Waals surface area contributed by atoms with Gasteiger partial charge in [-0.1, -0.05) is 0 Å². The zero-order chi connectivity index (χ0) is 16.1. The molecular formula is C15H20N2O5. The third-order valence-electron chi connectivity index (χ3n) is 3.30. The number of carbonyl (C=O) groups is 2. The minimum Gasteiger partial charge on any atom is -0.496 e. The van der Waals surface area contributed by atoms with Gasteiger partial charge in [-0.15, -0.1) is 0 Å². The molecule has 1 aliphatic rings. The fourth-order valence-electron chi connectivity index (χ4n) is 1.97. The lowest BCUT2D eigenvalue weighted by molar-refractivity contribution is -0.120. The zero-order valence-corrected chi connectivity index (χ0v) is 12.9. The van der Waals surface area contributed by atoms with E-state index in [0.29, 0.717) is 17.2 Å². The molecule has 1 aromatic rings. The average Bonchev–Trinajstić information content (AvgIpc) is 3.34. The van der Waals surface area contributed by atoms with E-state index in [1.165, 1.54) is 27.4 Å². The van der Waals surface area contributed by atoms with Crippen molar-refractivity contribution >= 4 is 11.8 Å². The lowest BCUT2D eigenvalue weighted by Crippen LogP contribution is -2.37. The van der Waals surface area contributed by atoms with E-state index in [2.05, 4.69) is 10.6 Å². The van der Waals surface area contributed by atoms with Gasteiger partial charge in [0, 0.05) is 18.2 Å². The number of rotatable bonds is 7. The van der Waals surface area contributed by atoms with Gasteiger partial charge in [0.05, 0.1) is 33.4 Å². The molecule has 1 aliphatic carbocycles. The molecule has 0 unspecified atom stereocenters. The van der Waals surface area contributed by atoms with Gasteiger partial charge in [-0.25, -0.2) is 0 Å². The van der Waals surface area contributed by atoms with Crippen molar-refractivity contribution in [1.29, 1.82) is 0 Å². The van der Waals surface area contributed by atoms with Crippen LogP contribution in [-0.4, -0.2) is 45.7 Å². The normalized spacial score (nSPS) is 13.2. The van der Waals surface area contributed by atoms with Crippen molar-refractivity contribution in [3.63, 3.8) is 0 Å². The van der Waals surface area contributed by atoms with Crippen LogP contribution in [0.3, 0.4) is 0 Å². The highest BCUT2D eigenvalue weighted by Gasteiger charge is 2.24. The first kappa shape index (κ1) is 15.9. The Bertz CT molecular complexity index is 569. The summed E-state index contributed by atoms with van der Waals surface area (Å²) in [6, 6.07) is 3.35. The summed E-state index contributed by atoms with van der Waals surface area (Å²) >= 11 is 0. The molecule has 2 amide bonds. The van der Waals surface area contributed by atoms with Gasteiger partial charge < -0.3 is 24.8 Å². The Morgan fingerprint density at radius 2 is 1.64 bits per heavy atom. The predicted molar refractivity (Wildman–Crippen MR) is 79.6 cm³/mol. The van der Waals surface area contributed by atoms with Crippen LogP contribution in [0.25, 0.3) is 0 Å². The largest absolute Gasteiger partial charge is 0.496 e. The Morgan fingerprint density at radius 1 is 1.05 bits per heavy atom. The molecule has 7 heteroatoms. The lowest BCUT2D eigenvalue weighted by Gasteiger charge is -2.14. The molecule has 0 saturated heterocycles. The van der Waals surface area contributed by atoms with E-state index in [0.717, 1.165) is 12.8 Å². The molecule has 22 heavy (non-hydrogen) atoms. The number of benzene rings is 1. The molecule has 2 rings (SSSR count). The summed E-state index contributed by atoms with van der Waals surface area (Å²) in [5.41, 5.74) is 0.277. The van der Waals surface area contributed by atoms with E-state index in [4.69, 9.17) is 14.2 Å². The molecule has 1 fully saturated rings. The number of ether oxygens (including phenoxy) is 3. The first-order valence-corrected chi connectivity index (χ1v) is 6.96. The Hall–Kier alpha value is -2.44. The third kappa shape index (κ3) is 3.81. The van der Waals surface area contributed by atoms with Crippen molar-refractivity contribution < 1.29 is 23.8 Å². The second-order valence-corrected chi connectivity index (χ2v) is 4.93. The van der Waals surface area contributed by atoms with Gasteiger partial charge in [-0.05, 0) is 12.8 Å². The summed E-state index contributed by atoms with van der Waals surface area (Å²) in [6.45, 7) is -0.0766. The van der Waals surface area contributed by atoms with Crippen molar-refractivity contribution in [1.82, 2.24) is 10.6 Å². The standard InChI is InChI=1S/C15H20N2O5/c1-20-11-7-13(22-3)12(21-2)6-10(11)15(19)16-8-14(18)17-9-4-5-9/h6-7,9H,4-5,8H2,1-3H3,(H,16,19)(H,17,18). The fraction of sp³-hybridized carbons (Fsp3) is 0.467. The maximum Gasteiger partial charge on any atom is 0.255 e. The number of hydrogen-bond donors (Lipinski definition) is 2. The maximum absolute atomic E-state index is 12.2. The van der Waals surface area contributed by atoms with Crippen LogP contribution in [0, 0.1) is 0 Å². The Balaban J connectivity index is 2.08. The fourth-order valence-corrected chi connectivity index (χ4v) is 1.97. The summed E-state index contributed by atoms with van der Waals surface area (Å²) in [6.07, 6.45) is 2.01. The van der Waals surface area contributed by atoms with Crippen molar-refractivity contribution in [2.45, 2.75) is 18.9 Å². The molecule has 0 aliphatic heterocycles. The highest BCUT2D eigenvalue weighted by Crippen LogP contribution is 2.34. The minimum absolute atomic E-state index is 0.0766. The van der Waals surface area contributed by atoms with Crippen LogP contribution in [0.5, 0.6) is 17.2 Å². The van der Waals surface area contributed by atoms with Gasteiger partial charge in [0.1, 0.15) is 5.75 Å². The van der Waals surface area contributed by atoms with E-state index < -0.39 is 5.91 Å². The van der Waals surface area contributed by atoms with Crippen molar-refractivity contribution in [2.75, 3.05) is 27.9 Å². The SMILES string of the molecule is COc1cc(OC)c(C(=O)NCC(=O)NC2CC2)cc1OC. The topological polar surface area (TPSA) is 85.9 Å². The first-order valence-electron chi connectivity index (χ1n) is 6.96. The quantitative estimate of drug-likeness (QED) is 0.775. The Kier molecular flexibility index (Phi) is 5.08. The van der Waals surface area contributed by atoms with Gasteiger partial charge in [-0.3, -0.25) is 9.59 Å². The summed E-state index contributed by atoms with van der Waals surface area (Å²) in [7, 11) is 4.44. The van der Waals surface area contributed by atoms with Crippen LogP contribution in [0.2, 0.25) is 0 Å². The summed E-state index contributed by atoms with van der Waals surface area (Å²) < 4.78 is 15.5. The van der Waals surface area contributed by atoms with Gasteiger partial charge in [0.15, 0.2) is 11.5 Å².